The molecule has 0 aliphatic heterocycles. The average Bonchev–Trinajstić information content (AvgIpc) is 2.13. The maximum Gasteiger partial charge on any atom is 0.0755 e. The first-order valence-corrected chi connectivity index (χ1v) is 6.61. The highest BCUT2D eigenvalue weighted by Crippen LogP contribution is 2.06. The Morgan fingerprint density at radius 1 is 1.40 bits per heavy atom. The van der Waals surface area contributed by atoms with Crippen LogP contribution in [0.25, 0.3) is 0 Å². The molecule has 3 nitrogen and oxygen atoms in total. The van der Waals surface area contributed by atoms with Gasteiger partial charge in [0.15, 0.2) is 0 Å². The number of methoxy groups -OCH3 is 1. The van der Waals surface area contributed by atoms with E-state index >= 15 is 0 Å². The van der Waals surface area contributed by atoms with Crippen molar-refractivity contribution in [3.8, 4) is 0 Å². The van der Waals surface area contributed by atoms with E-state index in [1.165, 1.54) is 0 Å². The lowest BCUT2D eigenvalue weighted by Gasteiger charge is -2.22. The third-order valence-electron chi connectivity index (χ3n) is 1.82. The number of β-amino-alcohol motifs (C(OH)–C–C–N with tert-alkyl or cyclic N) is 1. The van der Waals surface area contributed by atoms with E-state index in [0.29, 0.717) is 6.54 Å². The number of thioether (sulfide) groups is 1. The Morgan fingerprint density at radius 2 is 2.07 bits per heavy atom. The predicted molar refractivity (Wildman–Crippen MR) is 67.6 cm³/mol. The smallest absolute Gasteiger partial charge is 0.0755 e. The van der Waals surface area contributed by atoms with Crippen LogP contribution in [0.3, 0.4) is 0 Å². The molecule has 0 aliphatic carbocycles. The van der Waals surface area contributed by atoms with Crippen molar-refractivity contribution >= 4 is 11.8 Å². The largest absolute Gasteiger partial charge is 0.391 e. The van der Waals surface area contributed by atoms with Gasteiger partial charge < -0.3 is 15.2 Å². The second-order valence-electron chi connectivity index (χ2n) is 4.71. The highest BCUT2D eigenvalue weighted by molar-refractivity contribution is 7.99. The maximum atomic E-state index is 9.65. The zero-order valence-electron chi connectivity index (χ0n) is 10.4. The molecule has 0 aromatic heterocycles. The summed E-state index contributed by atoms with van der Waals surface area (Å²) in [5, 5.41) is 12.9. The monoisotopic (exact) mass is 235 g/mol. The zero-order chi connectivity index (χ0) is 11.7. The van der Waals surface area contributed by atoms with E-state index in [-0.39, 0.29) is 11.6 Å². The highest BCUT2D eigenvalue weighted by Gasteiger charge is 2.11. The number of aliphatic hydroxyl groups is 1. The van der Waals surface area contributed by atoms with E-state index in [2.05, 4.69) is 26.1 Å². The van der Waals surface area contributed by atoms with Crippen LogP contribution >= 0.6 is 11.8 Å². The van der Waals surface area contributed by atoms with Crippen LogP contribution in [0.1, 0.15) is 27.2 Å². The molecule has 0 fully saturated rings. The summed E-state index contributed by atoms with van der Waals surface area (Å²) in [4.78, 5) is 0. The molecule has 0 saturated carbocycles. The fourth-order valence-electron chi connectivity index (χ4n) is 1.01. The van der Waals surface area contributed by atoms with Crippen LogP contribution in [0.2, 0.25) is 0 Å². The first-order chi connectivity index (χ1) is 6.95. The standard InChI is InChI=1S/C11H25NO2S/c1-11(2,3)12-8-10(13)9-15-7-5-6-14-4/h10,12-13H,5-9H2,1-4H3. The van der Waals surface area contributed by atoms with E-state index in [1.54, 1.807) is 18.9 Å². The Labute approximate surface area is 98.0 Å². The van der Waals surface area contributed by atoms with Gasteiger partial charge in [0.1, 0.15) is 0 Å². The van der Waals surface area contributed by atoms with Gasteiger partial charge in [-0.1, -0.05) is 0 Å². The lowest BCUT2D eigenvalue weighted by molar-refractivity contribution is 0.183. The van der Waals surface area contributed by atoms with Crippen LogP contribution in [0, 0.1) is 0 Å². The molecular weight excluding hydrogens is 210 g/mol. The van der Waals surface area contributed by atoms with Crippen LogP contribution in [0.15, 0.2) is 0 Å². The van der Waals surface area contributed by atoms with Gasteiger partial charge in [0.05, 0.1) is 6.10 Å². The summed E-state index contributed by atoms with van der Waals surface area (Å²) in [7, 11) is 1.72. The SMILES string of the molecule is COCCCSCC(O)CNC(C)(C)C. The summed E-state index contributed by atoms with van der Waals surface area (Å²) in [5.41, 5.74) is 0.0850. The van der Waals surface area contributed by atoms with Gasteiger partial charge >= 0.3 is 0 Å². The Bertz CT molecular complexity index is 148. The van der Waals surface area contributed by atoms with Crippen molar-refractivity contribution in [1.29, 1.82) is 0 Å². The van der Waals surface area contributed by atoms with Crippen LogP contribution in [0.5, 0.6) is 0 Å². The van der Waals surface area contributed by atoms with Crippen LogP contribution in [-0.2, 0) is 4.74 Å². The Kier molecular flexibility index (Phi) is 8.52. The third kappa shape index (κ3) is 12.2. The molecule has 0 saturated heterocycles. The number of nitrogens with one attached hydrogen (secondary N) is 1. The maximum absolute atomic E-state index is 9.65. The molecule has 2 N–H and O–H groups in total. The van der Waals surface area contributed by atoms with Gasteiger partial charge in [-0.25, -0.2) is 0 Å². The van der Waals surface area contributed by atoms with Crippen molar-refractivity contribution in [2.45, 2.75) is 38.8 Å². The van der Waals surface area contributed by atoms with E-state index in [9.17, 15) is 5.11 Å². The predicted octanol–water partition coefficient (Wildman–Crippen LogP) is 1.51. The molecule has 0 bridgehead atoms. The Balaban J connectivity index is 3.30. The van der Waals surface area contributed by atoms with Crippen LogP contribution in [-0.4, -0.2) is 48.5 Å². The molecule has 0 radical (unpaired) electrons. The molecule has 0 heterocycles. The molecule has 0 rings (SSSR count). The second kappa shape index (κ2) is 8.39. The number of hydrogen-bond acceptors (Lipinski definition) is 4. The molecule has 0 amide bonds. The van der Waals surface area contributed by atoms with Crippen molar-refractivity contribution < 1.29 is 9.84 Å². The van der Waals surface area contributed by atoms with Crippen LogP contribution in [0.4, 0.5) is 0 Å². The number of rotatable bonds is 8. The molecular formula is C11H25NO2S. The summed E-state index contributed by atoms with van der Waals surface area (Å²) in [5.74, 6) is 1.85. The van der Waals surface area contributed by atoms with E-state index < -0.39 is 0 Å². The normalized spacial score (nSPS) is 14.2. The Morgan fingerprint density at radius 3 is 2.60 bits per heavy atom. The zero-order valence-corrected chi connectivity index (χ0v) is 11.2. The van der Waals surface area contributed by atoms with Gasteiger partial charge in [0.25, 0.3) is 0 Å². The molecule has 0 aromatic rings. The first-order valence-electron chi connectivity index (χ1n) is 5.45. The fraction of sp³-hybridized carbons (Fsp3) is 1.00. The van der Waals surface area contributed by atoms with Gasteiger partial charge in [-0.05, 0) is 32.9 Å². The minimum absolute atomic E-state index is 0.0850. The molecule has 4 heteroatoms. The lowest BCUT2D eigenvalue weighted by atomic mass is 10.1. The topological polar surface area (TPSA) is 41.5 Å². The highest BCUT2D eigenvalue weighted by atomic mass is 32.2. The number of hydrogen-bond donors (Lipinski definition) is 2. The van der Waals surface area contributed by atoms with Gasteiger partial charge in [0, 0.05) is 31.6 Å². The quantitative estimate of drug-likeness (QED) is 0.626. The van der Waals surface area contributed by atoms with Crippen molar-refractivity contribution in [2.24, 2.45) is 0 Å². The van der Waals surface area contributed by atoms with Crippen molar-refractivity contribution in [1.82, 2.24) is 5.32 Å². The first kappa shape index (κ1) is 15.2. The summed E-state index contributed by atoms with van der Waals surface area (Å²) in [6.45, 7) is 7.78. The summed E-state index contributed by atoms with van der Waals surface area (Å²) in [6, 6.07) is 0. The number of aliphatic hydroxyl groups excluding tert-OH is 1. The van der Waals surface area contributed by atoms with Crippen LogP contribution < -0.4 is 5.32 Å². The van der Waals surface area contributed by atoms with E-state index in [0.717, 1.165) is 24.5 Å². The summed E-state index contributed by atoms with van der Waals surface area (Å²) >= 11 is 1.78. The third-order valence-corrected chi connectivity index (χ3v) is 3.01. The number of ether oxygens (including phenoxy) is 1. The second-order valence-corrected chi connectivity index (χ2v) is 5.86. The molecule has 1 unspecified atom stereocenters. The van der Waals surface area contributed by atoms with Gasteiger partial charge in [0.2, 0.25) is 0 Å². The van der Waals surface area contributed by atoms with Gasteiger partial charge in [-0.3, -0.25) is 0 Å². The molecule has 0 spiro atoms. The van der Waals surface area contributed by atoms with Crippen molar-refractivity contribution in [2.75, 3.05) is 31.8 Å². The van der Waals surface area contributed by atoms with E-state index in [1.807, 2.05) is 0 Å². The lowest BCUT2D eigenvalue weighted by Crippen LogP contribution is -2.41. The van der Waals surface area contributed by atoms with Gasteiger partial charge in [-0.2, -0.15) is 11.8 Å². The summed E-state index contributed by atoms with van der Waals surface area (Å²) in [6.07, 6.45) is 0.803. The average molecular weight is 235 g/mol. The molecule has 92 valence electrons. The van der Waals surface area contributed by atoms with Crippen molar-refractivity contribution in [3.63, 3.8) is 0 Å². The molecule has 0 aliphatic rings. The van der Waals surface area contributed by atoms with E-state index in [4.69, 9.17) is 4.74 Å². The van der Waals surface area contributed by atoms with Gasteiger partial charge in [-0.15, -0.1) is 0 Å². The molecule has 15 heavy (non-hydrogen) atoms. The summed E-state index contributed by atoms with van der Waals surface area (Å²) < 4.78 is 4.95. The minimum atomic E-state index is -0.253. The molecule has 1 atom stereocenters. The Hall–Kier alpha value is 0.230. The van der Waals surface area contributed by atoms with Crippen molar-refractivity contribution in [3.05, 3.63) is 0 Å². The molecule has 0 aromatic carbocycles. The minimum Gasteiger partial charge on any atom is -0.391 e. The fourth-order valence-corrected chi connectivity index (χ4v) is 1.89.